The number of ketones is 1. The molecule has 3 aromatic carbocycles. The molecule has 0 saturated carbocycles. The van der Waals surface area contributed by atoms with Gasteiger partial charge in [-0.15, -0.1) is 0 Å². The highest BCUT2D eigenvalue weighted by molar-refractivity contribution is 6.21. The monoisotopic (exact) mass is 411 g/mol. The molecule has 0 aromatic heterocycles. The number of nitrogens with zero attached hydrogens (tertiary/aromatic N) is 1. The molecule has 1 aliphatic carbocycles. The number of imide groups is 1. The minimum absolute atomic E-state index is 0.117. The number of hydrogen-bond acceptors (Lipinski definition) is 5. The highest BCUT2D eigenvalue weighted by atomic mass is 16.5. The van der Waals surface area contributed by atoms with Crippen LogP contribution in [0.4, 0.5) is 0 Å². The number of carbonyl (C=O) groups is 4. The van der Waals surface area contributed by atoms with Crippen molar-refractivity contribution in [2.45, 2.75) is 6.42 Å². The molecule has 0 radical (unpaired) electrons. The predicted molar refractivity (Wildman–Crippen MR) is 112 cm³/mol. The zero-order valence-corrected chi connectivity index (χ0v) is 16.7. The van der Waals surface area contributed by atoms with Crippen molar-refractivity contribution in [2.24, 2.45) is 0 Å². The van der Waals surface area contributed by atoms with Crippen LogP contribution in [-0.2, 0) is 11.2 Å². The van der Waals surface area contributed by atoms with E-state index in [4.69, 9.17) is 4.74 Å². The van der Waals surface area contributed by atoms with E-state index in [0.717, 1.165) is 28.0 Å². The van der Waals surface area contributed by atoms with Crippen molar-refractivity contribution in [2.75, 3.05) is 13.7 Å². The van der Waals surface area contributed by atoms with E-state index in [9.17, 15) is 19.2 Å². The molecule has 3 aromatic rings. The van der Waals surface area contributed by atoms with Crippen molar-refractivity contribution in [3.63, 3.8) is 0 Å². The lowest BCUT2D eigenvalue weighted by Gasteiger charge is -2.07. The van der Waals surface area contributed by atoms with Gasteiger partial charge in [-0.25, -0.2) is 4.79 Å². The number of hydrogen-bond donors (Lipinski definition) is 0. The second-order valence-corrected chi connectivity index (χ2v) is 7.63. The topological polar surface area (TPSA) is 80.8 Å². The Balaban J connectivity index is 1.31. The number of amides is 2. The third-order valence-electron chi connectivity index (χ3n) is 5.78. The second-order valence-electron chi connectivity index (χ2n) is 7.63. The Labute approximate surface area is 178 Å². The van der Waals surface area contributed by atoms with E-state index < -0.39 is 24.4 Å². The van der Waals surface area contributed by atoms with Crippen LogP contribution in [0, 0.1) is 0 Å². The molecule has 2 aliphatic rings. The summed E-state index contributed by atoms with van der Waals surface area (Å²) in [4.78, 5) is 50.1. The van der Waals surface area contributed by atoms with Gasteiger partial charge >= 0.3 is 5.97 Å². The molecule has 0 unspecified atom stereocenters. The lowest BCUT2D eigenvalue weighted by Crippen LogP contribution is -2.24. The van der Waals surface area contributed by atoms with E-state index in [-0.39, 0.29) is 22.5 Å². The summed E-state index contributed by atoms with van der Waals surface area (Å²) in [6.07, 6.45) is 0.837. The van der Waals surface area contributed by atoms with Gasteiger partial charge in [0.1, 0.15) is 0 Å². The lowest BCUT2D eigenvalue weighted by atomic mass is 10.0. The predicted octanol–water partition coefficient (Wildman–Crippen LogP) is 3.52. The summed E-state index contributed by atoms with van der Waals surface area (Å²) in [5.41, 5.74) is 5.53. The van der Waals surface area contributed by atoms with Gasteiger partial charge in [0.2, 0.25) is 0 Å². The number of Topliss-reactive ketones (excluding diaryl/α,β-unsaturated/α-hetero) is 1. The second kappa shape index (κ2) is 7.02. The van der Waals surface area contributed by atoms with Gasteiger partial charge in [0.05, 0.1) is 16.7 Å². The summed E-state index contributed by atoms with van der Waals surface area (Å²) >= 11 is 0. The lowest BCUT2D eigenvalue weighted by molar-refractivity contribution is 0.0474. The van der Waals surface area contributed by atoms with Gasteiger partial charge in [0, 0.05) is 12.6 Å². The molecule has 1 aliphatic heterocycles. The van der Waals surface area contributed by atoms with Crippen LogP contribution in [0.1, 0.15) is 52.6 Å². The molecule has 6 nitrogen and oxygen atoms in total. The summed E-state index contributed by atoms with van der Waals surface area (Å²) in [5.74, 6) is -1.91. The maximum Gasteiger partial charge on any atom is 0.338 e. The molecular weight excluding hydrogens is 394 g/mol. The van der Waals surface area contributed by atoms with Crippen LogP contribution in [0.15, 0.2) is 60.7 Å². The average molecular weight is 411 g/mol. The highest BCUT2D eigenvalue weighted by Gasteiger charge is 2.33. The Morgan fingerprint density at radius 3 is 2.32 bits per heavy atom. The first-order valence-corrected chi connectivity index (χ1v) is 9.82. The van der Waals surface area contributed by atoms with E-state index in [1.165, 1.54) is 30.8 Å². The largest absolute Gasteiger partial charge is 0.454 e. The fourth-order valence-electron chi connectivity index (χ4n) is 4.08. The summed E-state index contributed by atoms with van der Waals surface area (Å²) < 4.78 is 5.18. The van der Waals surface area contributed by atoms with Gasteiger partial charge in [-0.05, 0) is 52.9 Å². The average Bonchev–Trinajstić information content (AvgIpc) is 3.27. The van der Waals surface area contributed by atoms with Crippen molar-refractivity contribution in [3.05, 3.63) is 94.0 Å². The van der Waals surface area contributed by atoms with Crippen LogP contribution in [0.5, 0.6) is 0 Å². The maximum atomic E-state index is 12.6. The van der Waals surface area contributed by atoms with Crippen LogP contribution in [0.3, 0.4) is 0 Å². The molecule has 0 atom stereocenters. The molecule has 6 heteroatoms. The summed E-state index contributed by atoms with van der Waals surface area (Å²) in [6, 6.07) is 17.8. The molecular formula is C25H17NO5. The van der Waals surface area contributed by atoms with Crippen molar-refractivity contribution in [3.8, 4) is 11.1 Å². The summed E-state index contributed by atoms with van der Waals surface area (Å²) in [6.45, 7) is -0.414. The Morgan fingerprint density at radius 2 is 1.48 bits per heavy atom. The first-order chi connectivity index (χ1) is 14.9. The Bertz CT molecular complexity index is 1310. The zero-order valence-electron chi connectivity index (χ0n) is 16.7. The van der Waals surface area contributed by atoms with Crippen molar-refractivity contribution in [1.29, 1.82) is 0 Å². The first kappa shape index (κ1) is 18.9. The van der Waals surface area contributed by atoms with Crippen molar-refractivity contribution in [1.82, 2.24) is 4.90 Å². The standard InChI is InChI=1S/C25H17NO5/c1-26-23(28)19-9-8-17(12-21(19)24(26)29)25(30)31-13-22(27)16-7-6-15-10-14-4-2-3-5-18(14)20(15)11-16/h2-9,11-12H,10,13H2,1H3. The molecule has 1 heterocycles. The number of fused-ring (bicyclic) bond motifs is 4. The SMILES string of the molecule is CN1C(=O)c2ccc(C(=O)OCC(=O)c3ccc4c(c3)-c3ccccc3C4)cc2C1=O. The molecule has 2 amide bonds. The molecule has 0 N–H and O–H groups in total. The van der Waals surface area contributed by atoms with Crippen molar-refractivity contribution >= 4 is 23.6 Å². The fraction of sp³-hybridized carbons (Fsp3) is 0.120. The molecule has 152 valence electrons. The van der Waals surface area contributed by atoms with Gasteiger partial charge in [0.15, 0.2) is 12.4 Å². The van der Waals surface area contributed by atoms with Crippen LogP contribution in [0.25, 0.3) is 11.1 Å². The quantitative estimate of drug-likeness (QED) is 0.292. The van der Waals surface area contributed by atoms with Gasteiger partial charge < -0.3 is 4.74 Å². The zero-order chi connectivity index (χ0) is 21.7. The number of rotatable bonds is 4. The molecule has 0 spiro atoms. The minimum Gasteiger partial charge on any atom is -0.454 e. The van der Waals surface area contributed by atoms with Crippen LogP contribution < -0.4 is 0 Å². The van der Waals surface area contributed by atoms with E-state index in [1.54, 1.807) is 6.07 Å². The van der Waals surface area contributed by atoms with E-state index in [1.807, 2.05) is 30.3 Å². The number of benzene rings is 3. The smallest absolute Gasteiger partial charge is 0.338 e. The molecule has 5 rings (SSSR count). The van der Waals surface area contributed by atoms with Gasteiger partial charge in [0.25, 0.3) is 11.8 Å². The van der Waals surface area contributed by atoms with Crippen LogP contribution >= 0.6 is 0 Å². The Hall–Kier alpha value is -4.06. The minimum atomic E-state index is -0.725. The van der Waals surface area contributed by atoms with Gasteiger partial charge in [-0.1, -0.05) is 36.4 Å². The summed E-state index contributed by atoms with van der Waals surface area (Å²) in [7, 11) is 1.39. The number of esters is 1. The molecule has 0 fully saturated rings. The molecule has 0 bridgehead atoms. The van der Waals surface area contributed by atoms with Crippen LogP contribution in [0.2, 0.25) is 0 Å². The Morgan fingerprint density at radius 1 is 0.806 bits per heavy atom. The first-order valence-electron chi connectivity index (χ1n) is 9.82. The molecule has 0 saturated heterocycles. The van der Waals surface area contributed by atoms with Crippen molar-refractivity contribution < 1.29 is 23.9 Å². The van der Waals surface area contributed by atoms with E-state index in [2.05, 4.69) is 6.07 Å². The van der Waals surface area contributed by atoms with Gasteiger partial charge in [-0.2, -0.15) is 0 Å². The fourth-order valence-corrected chi connectivity index (χ4v) is 4.08. The van der Waals surface area contributed by atoms with E-state index >= 15 is 0 Å². The number of ether oxygens (including phenoxy) is 1. The third-order valence-corrected chi connectivity index (χ3v) is 5.78. The normalized spacial score (nSPS) is 13.6. The highest BCUT2D eigenvalue weighted by Crippen LogP contribution is 2.36. The van der Waals surface area contributed by atoms with Gasteiger partial charge in [-0.3, -0.25) is 19.3 Å². The molecule has 31 heavy (non-hydrogen) atoms. The third kappa shape index (κ3) is 3.04. The van der Waals surface area contributed by atoms with E-state index in [0.29, 0.717) is 5.56 Å². The van der Waals surface area contributed by atoms with Crippen LogP contribution in [-0.4, -0.2) is 42.1 Å². The Kier molecular flexibility index (Phi) is 4.29. The maximum absolute atomic E-state index is 12.6. The summed E-state index contributed by atoms with van der Waals surface area (Å²) in [5, 5.41) is 0. The number of carbonyl (C=O) groups excluding carboxylic acids is 4.